The standard InChI is InChI=1S/C26H17N3O/c1-16-10-11-24-23(12-16)26(30)29-25(28-24)19(15-27)14-22-20-8-4-2-6-17(20)13-18-7-3-5-9-21(18)22/h2-14H,1H3,(H,28,29,30)/b19-14+. The van der Waals surface area contributed by atoms with E-state index in [4.69, 9.17) is 0 Å². The second kappa shape index (κ2) is 6.98. The molecular formula is C26H17N3O. The average molecular weight is 387 g/mol. The number of aryl methyl sites for hydroxylation is 1. The van der Waals surface area contributed by atoms with E-state index >= 15 is 0 Å². The van der Waals surface area contributed by atoms with Gasteiger partial charge in [0.05, 0.1) is 16.5 Å². The fourth-order valence-corrected chi connectivity index (χ4v) is 3.84. The maximum Gasteiger partial charge on any atom is 0.222 e. The number of allylic oxidation sites excluding steroid dienone is 1. The zero-order valence-electron chi connectivity index (χ0n) is 16.3. The molecule has 0 aliphatic heterocycles. The number of nitriles is 1. The van der Waals surface area contributed by atoms with Gasteiger partial charge in [0, 0.05) is 0 Å². The van der Waals surface area contributed by atoms with Crippen molar-refractivity contribution in [3.8, 4) is 11.9 Å². The number of aromatic hydroxyl groups is 1. The van der Waals surface area contributed by atoms with Crippen molar-refractivity contribution < 1.29 is 5.11 Å². The van der Waals surface area contributed by atoms with Crippen molar-refractivity contribution in [1.82, 2.24) is 9.97 Å². The van der Waals surface area contributed by atoms with Gasteiger partial charge in [-0.1, -0.05) is 60.2 Å². The zero-order valence-corrected chi connectivity index (χ0v) is 16.3. The minimum Gasteiger partial charge on any atom is -0.493 e. The molecule has 5 aromatic rings. The van der Waals surface area contributed by atoms with Crippen LogP contribution in [-0.2, 0) is 0 Å². The van der Waals surface area contributed by atoms with Gasteiger partial charge in [-0.3, -0.25) is 0 Å². The summed E-state index contributed by atoms with van der Waals surface area (Å²) < 4.78 is 0. The molecule has 0 amide bonds. The lowest BCUT2D eigenvalue weighted by Crippen LogP contribution is -1.95. The van der Waals surface area contributed by atoms with Crippen LogP contribution >= 0.6 is 0 Å². The molecule has 0 atom stereocenters. The molecule has 0 radical (unpaired) electrons. The molecule has 0 bridgehead atoms. The molecule has 142 valence electrons. The van der Waals surface area contributed by atoms with Gasteiger partial charge in [0.25, 0.3) is 0 Å². The molecule has 1 aromatic heterocycles. The highest BCUT2D eigenvalue weighted by atomic mass is 16.3. The van der Waals surface area contributed by atoms with Crippen molar-refractivity contribution in [3.05, 3.63) is 89.7 Å². The Balaban J connectivity index is 1.79. The third-order valence-electron chi connectivity index (χ3n) is 5.29. The van der Waals surface area contributed by atoms with Crippen molar-refractivity contribution in [1.29, 1.82) is 5.26 Å². The third-order valence-corrected chi connectivity index (χ3v) is 5.29. The highest BCUT2D eigenvalue weighted by Gasteiger charge is 2.13. The summed E-state index contributed by atoms with van der Waals surface area (Å²) in [5.41, 5.74) is 2.85. The first-order valence-electron chi connectivity index (χ1n) is 9.64. The molecule has 0 aliphatic carbocycles. The van der Waals surface area contributed by atoms with Crippen molar-refractivity contribution in [2.24, 2.45) is 0 Å². The fourth-order valence-electron chi connectivity index (χ4n) is 3.84. The van der Waals surface area contributed by atoms with E-state index in [0.29, 0.717) is 16.5 Å². The predicted molar refractivity (Wildman–Crippen MR) is 121 cm³/mol. The van der Waals surface area contributed by atoms with E-state index in [0.717, 1.165) is 32.7 Å². The normalized spacial score (nSPS) is 11.8. The maximum atomic E-state index is 10.4. The van der Waals surface area contributed by atoms with E-state index in [-0.39, 0.29) is 11.7 Å². The Morgan fingerprint density at radius 3 is 2.20 bits per heavy atom. The van der Waals surface area contributed by atoms with Crippen LogP contribution in [0.5, 0.6) is 5.88 Å². The molecule has 0 saturated heterocycles. The van der Waals surface area contributed by atoms with Crippen LogP contribution in [-0.4, -0.2) is 15.1 Å². The first-order chi connectivity index (χ1) is 14.6. The summed E-state index contributed by atoms with van der Waals surface area (Å²) in [6.07, 6.45) is 1.82. The summed E-state index contributed by atoms with van der Waals surface area (Å²) in [6, 6.07) is 26.2. The summed E-state index contributed by atoms with van der Waals surface area (Å²) >= 11 is 0. The summed E-state index contributed by atoms with van der Waals surface area (Å²) in [6.45, 7) is 1.94. The maximum absolute atomic E-state index is 10.4. The van der Waals surface area contributed by atoms with E-state index in [1.165, 1.54) is 0 Å². The second-order valence-electron chi connectivity index (χ2n) is 7.29. The molecule has 4 aromatic carbocycles. The van der Waals surface area contributed by atoms with Crippen molar-refractivity contribution in [3.63, 3.8) is 0 Å². The molecule has 4 heteroatoms. The Hall–Kier alpha value is -4.23. The van der Waals surface area contributed by atoms with Crippen LogP contribution in [0.3, 0.4) is 0 Å². The third kappa shape index (κ3) is 2.94. The van der Waals surface area contributed by atoms with Crippen LogP contribution in [0.15, 0.2) is 72.8 Å². The minimum absolute atomic E-state index is 0.123. The largest absolute Gasteiger partial charge is 0.493 e. The number of nitrogens with zero attached hydrogens (tertiary/aromatic N) is 3. The molecule has 0 saturated carbocycles. The predicted octanol–water partition coefficient (Wildman–Crippen LogP) is 6.01. The molecule has 0 unspecified atom stereocenters. The first kappa shape index (κ1) is 17.8. The fraction of sp³-hybridized carbons (Fsp3) is 0.0385. The topological polar surface area (TPSA) is 69.8 Å². The van der Waals surface area contributed by atoms with Gasteiger partial charge in [-0.05, 0) is 58.3 Å². The SMILES string of the molecule is Cc1ccc2nc(/C(C#N)=C/c3c4ccccc4cc4ccccc34)nc(O)c2c1. The van der Waals surface area contributed by atoms with Crippen LogP contribution < -0.4 is 0 Å². The van der Waals surface area contributed by atoms with Crippen LogP contribution in [0.25, 0.3) is 44.1 Å². The monoisotopic (exact) mass is 387 g/mol. The average Bonchev–Trinajstić information content (AvgIpc) is 2.77. The molecule has 1 N–H and O–H groups in total. The van der Waals surface area contributed by atoms with Crippen LogP contribution in [0.1, 0.15) is 17.0 Å². The van der Waals surface area contributed by atoms with Crippen LogP contribution in [0.4, 0.5) is 0 Å². The molecule has 0 fully saturated rings. The van der Waals surface area contributed by atoms with Crippen molar-refractivity contribution >= 4 is 44.1 Å². The Bertz CT molecular complexity index is 1470. The number of rotatable bonds is 2. The number of hydrogen-bond acceptors (Lipinski definition) is 4. The summed E-state index contributed by atoms with van der Waals surface area (Å²) in [5, 5.41) is 25.2. The molecule has 5 rings (SSSR count). The van der Waals surface area contributed by atoms with Crippen molar-refractivity contribution in [2.75, 3.05) is 0 Å². The highest BCUT2D eigenvalue weighted by molar-refractivity contribution is 6.10. The van der Waals surface area contributed by atoms with Gasteiger partial charge >= 0.3 is 0 Å². The summed E-state index contributed by atoms with van der Waals surface area (Å²) in [4.78, 5) is 8.77. The Kier molecular flexibility index (Phi) is 4.15. The quantitative estimate of drug-likeness (QED) is 0.297. The van der Waals surface area contributed by atoms with Gasteiger partial charge in [-0.15, -0.1) is 0 Å². The molecule has 0 spiro atoms. The van der Waals surface area contributed by atoms with Gasteiger partial charge in [0.15, 0.2) is 5.82 Å². The smallest absolute Gasteiger partial charge is 0.222 e. The second-order valence-corrected chi connectivity index (χ2v) is 7.29. The van der Waals surface area contributed by atoms with Gasteiger partial charge in [-0.2, -0.15) is 10.2 Å². The number of benzene rings is 4. The number of hydrogen-bond donors (Lipinski definition) is 1. The highest BCUT2D eigenvalue weighted by Crippen LogP contribution is 2.32. The molecular weight excluding hydrogens is 370 g/mol. The van der Waals surface area contributed by atoms with Gasteiger partial charge in [0.2, 0.25) is 5.88 Å². The van der Waals surface area contributed by atoms with E-state index in [1.54, 1.807) is 0 Å². The van der Waals surface area contributed by atoms with Gasteiger partial charge in [0.1, 0.15) is 6.07 Å². The Morgan fingerprint density at radius 1 is 0.867 bits per heavy atom. The molecule has 30 heavy (non-hydrogen) atoms. The van der Waals surface area contributed by atoms with Crippen molar-refractivity contribution in [2.45, 2.75) is 6.92 Å². The summed E-state index contributed by atoms with van der Waals surface area (Å²) in [7, 11) is 0. The number of fused-ring (bicyclic) bond motifs is 3. The van der Waals surface area contributed by atoms with E-state index in [2.05, 4.69) is 34.2 Å². The number of aromatic nitrogens is 2. The lowest BCUT2D eigenvalue weighted by Gasteiger charge is -2.09. The molecule has 4 nitrogen and oxygen atoms in total. The van der Waals surface area contributed by atoms with E-state index < -0.39 is 0 Å². The first-order valence-corrected chi connectivity index (χ1v) is 9.64. The molecule has 0 aliphatic rings. The molecule has 1 heterocycles. The lowest BCUT2D eigenvalue weighted by molar-refractivity contribution is 0.458. The van der Waals surface area contributed by atoms with Crippen LogP contribution in [0.2, 0.25) is 0 Å². The Labute approximate surface area is 173 Å². The van der Waals surface area contributed by atoms with E-state index in [9.17, 15) is 10.4 Å². The zero-order chi connectivity index (χ0) is 20.7. The lowest BCUT2D eigenvalue weighted by atomic mass is 9.95. The van der Waals surface area contributed by atoms with Gasteiger partial charge < -0.3 is 5.11 Å². The van der Waals surface area contributed by atoms with E-state index in [1.807, 2.05) is 67.6 Å². The Morgan fingerprint density at radius 2 is 1.53 bits per heavy atom. The summed E-state index contributed by atoms with van der Waals surface area (Å²) in [5.74, 6) is 0.0889. The van der Waals surface area contributed by atoms with Gasteiger partial charge in [-0.25, -0.2) is 4.98 Å². The minimum atomic E-state index is -0.123. The van der Waals surface area contributed by atoms with Crippen LogP contribution in [0, 0.1) is 18.3 Å².